The highest BCUT2D eigenvalue weighted by Crippen LogP contribution is 2.17. The molecular weight excluding hydrogens is 157 g/mol. The first-order valence-corrected chi connectivity index (χ1v) is 3.76. The van der Waals surface area contributed by atoms with Gasteiger partial charge in [0, 0.05) is 0 Å². The van der Waals surface area contributed by atoms with Gasteiger partial charge in [-0.2, -0.15) is 0 Å². The maximum atomic E-state index is 13.1. The van der Waals surface area contributed by atoms with Gasteiger partial charge >= 0.3 is 0 Å². The largest absolute Gasteiger partial charge is 0.301 e. The number of alkyl halides is 1. The van der Waals surface area contributed by atoms with Gasteiger partial charge in [-0.25, -0.2) is 10.3 Å². The average molecular weight is 169 g/mol. The molecule has 2 N–H and O–H groups in total. The highest BCUT2D eigenvalue weighted by atomic mass is 19.1. The number of rotatable bonds is 3. The summed E-state index contributed by atoms with van der Waals surface area (Å²) in [4.78, 5) is 4.21. The fraction of sp³-hybridized carbons (Fsp3) is 0.333. The molecule has 0 spiro atoms. The molecular formula is C9H12FNO. The number of halogens is 1. The van der Waals surface area contributed by atoms with E-state index in [1.165, 1.54) is 0 Å². The molecule has 0 aliphatic rings. The minimum atomic E-state index is -1.13. The summed E-state index contributed by atoms with van der Waals surface area (Å²) in [6.45, 7) is 1.86. The summed E-state index contributed by atoms with van der Waals surface area (Å²) in [6, 6.07) is 7.19. The quantitative estimate of drug-likeness (QED) is 0.701. The first kappa shape index (κ1) is 9.16. The monoisotopic (exact) mass is 169 g/mol. The van der Waals surface area contributed by atoms with E-state index in [2.05, 4.69) is 4.84 Å². The van der Waals surface area contributed by atoms with Crippen LogP contribution in [0, 0.1) is 6.92 Å². The maximum absolute atomic E-state index is 13.1. The smallest absolute Gasteiger partial charge is 0.150 e. The van der Waals surface area contributed by atoms with E-state index >= 15 is 0 Å². The van der Waals surface area contributed by atoms with Gasteiger partial charge in [-0.15, -0.1) is 0 Å². The van der Waals surface area contributed by atoms with Crippen LogP contribution in [-0.2, 0) is 4.84 Å². The zero-order chi connectivity index (χ0) is 8.97. The summed E-state index contributed by atoms with van der Waals surface area (Å²) < 4.78 is 13.1. The predicted octanol–water partition coefficient (Wildman–Crippen LogP) is 1.90. The molecule has 0 bridgehead atoms. The summed E-state index contributed by atoms with van der Waals surface area (Å²) in [5.41, 5.74) is 1.71. The third kappa shape index (κ3) is 2.29. The van der Waals surface area contributed by atoms with Crippen LogP contribution >= 0.6 is 0 Å². The summed E-state index contributed by atoms with van der Waals surface area (Å²) >= 11 is 0. The van der Waals surface area contributed by atoms with Crippen molar-refractivity contribution >= 4 is 0 Å². The van der Waals surface area contributed by atoms with Crippen LogP contribution < -0.4 is 5.90 Å². The fourth-order valence-corrected chi connectivity index (χ4v) is 0.956. The molecule has 1 atom stereocenters. The van der Waals surface area contributed by atoms with Crippen molar-refractivity contribution in [3.05, 3.63) is 35.4 Å². The molecule has 0 aromatic heterocycles. The summed E-state index contributed by atoms with van der Waals surface area (Å²) in [6.07, 6.45) is -1.13. The fourth-order valence-electron chi connectivity index (χ4n) is 0.956. The Morgan fingerprint density at radius 2 is 2.00 bits per heavy atom. The molecule has 0 fully saturated rings. The Balaban J connectivity index is 2.68. The van der Waals surface area contributed by atoms with E-state index in [1.54, 1.807) is 12.1 Å². The van der Waals surface area contributed by atoms with E-state index in [1.807, 2.05) is 19.1 Å². The first-order chi connectivity index (χ1) is 5.74. The lowest BCUT2D eigenvalue weighted by Crippen LogP contribution is -2.07. The lowest BCUT2D eigenvalue weighted by molar-refractivity contribution is 0.0816. The van der Waals surface area contributed by atoms with Crippen LogP contribution in [0.4, 0.5) is 4.39 Å². The van der Waals surface area contributed by atoms with Crippen LogP contribution in [0.15, 0.2) is 24.3 Å². The number of hydrogen-bond acceptors (Lipinski definition) is 2. The number of aryl methyl sites for hydroxylation is 1. The van der Waals surface area contributed by atoms with Crippen LogP contribution in [0.3, 0.4) is 0 Å². The summed E-state index contributed by atoms with van der Waals surface area (Å²) in [5, 5.41) is 0. The minimum Gasteiger partial charge on any atom is -0.301 e. The van der Waals surface area contributed by atoms with E-state index < -0.39 is 6.17 Å². The van der Waals surface area contributed by atoms with Crippen molar-refractivity contribution in [2.45, 2.75) is 13.1 Å². The minimum absolute atomic E-state index is 0.0942. The zero-order valence-corrected chi connectivity index (χ0v) is 6.96. The zero-order valence-electron chi connectivity index (χ0n) is 6.96. The van der Waals surface area contributed by atoms with Crippen molar-refractivity contribution in [3.8, 4) is 0 Å². The molecule has 0 aliphatic heterocycles. The van der Waals surface area contributed by atoms with Gasteiger partial charge in [0.1, 0.15) is 6.61 Å². The van der Waals surface area contributed by atoms with Gasteiger partial charge < -0.3 is 4.84 Å². The van der Waals surface area contributed by atoms with E-state index in [0.29, 0.717) is 5.56 Å². The Morgan fingerprint density at radius 1 is 1.42 bits per heavy atom. The Hall–Kier alpha value is -0.930. The molecule has 66 valence electrons. The average Bonchev–Trinajstić information content (AvgIpc) is 2.06. The SMILES string of the molecule is Cc1ccc(C(F)CON)cc1. The molecule has 3 heteroatoms. The molecule has 0 amide bonds. The highest BCUT2D eigenvalue weighted by molar-refractivity contribution is 5.23. The second-order valence-electron chi connectivity index (χ2n) is 2.71. The molecule has 1 unspecified atom stereocenters. The van der Waals surface area contributed by atoms with Gasteiger partial charge in [0.2, 0.25) is 0 Å². The third-order valence-corrected chi connectivity index (χ3v) is 1.68. The number of nitrogens with two attached hydrogens (primary N) is 1. The first-order valence-electron chi connectivity index (χ1n) is 3.76. The Kier molecular flexibility index (Phi) is 3.19. The standard InChI is InChI=1S/C9H12FNO/c1-7-2-4-8(5-3-7)9(10)6-12-11/h2-5,9H,6,11H2,1H3. The van der Waals surface area contributed by atoms with Crippen molar-refractivity contribution in [2.24, 2.45) is 5.90 Å². The second kappa shape index (κ2) is 4.18. The van der Waals surface area contributed by atoms with E-state index in [0.717, 1.165) is 5.56 Å². The molecule has 1 aromatic rings. The lowest BCUT2D eigenvalue weighted by Gasteiger charge is -2.06. The number of benzene rings is 1. The summed E-state index contributed by atoms with van der Waals surface area (Å²) in [5.74, 6) is 4.76. The molecule has 0 saturated heterocycles. The highest BCUT2D eigenvalue weighted by Gasteiger charge is 2.07. The van der Waals surface area contributed by atoms with Crippen molar-refractivity contribution < 1.29 is 9.23 Å². The van der Waals surface area contributed by atoms with E-state index in [-0.39, 0.29) is 6.61 Å². The molecule has 0 radical (unpaired) electrons. The van der Waals surface area contributed by atoms with Gasteiger partial charge in [-0.3, -0.25) is 0 Å². The normalized spacial score (nSPS) is 12.9. The van der Waals surface area contributed by atoms with Crippen molar-refractivity contribution in [3.63, 3.8) is 0 Å². The molecule has 12 heavy (non-hydrogen) atoms. The molecule has 1 aromatic carbocycles. The predicted molar refractivity (Wildman–Crippen MR) is 45.2 cm³/mol. The summed E-state index contributed by atoms with van der Waals surface area (Å²) in [7, 11) is 0. The molecule has 0 saturated carbocycles. The van der Waals surface area contributed by atoms with Crippen molar-refractivity contribution in [1.29, 1.82) is 0 Å². The van der Waals surface area contributed by atoms with Crippen molar-refractivity contribution in [1.82, 2.24) is 0 Å². The van der Waals surface area contributed by atoms with E-state index in [9.17, 15) is 4.39 Å². The Labute approximate surface area is 71.1 Å². The van der Waals surface area contributed by atoms with Crippen LogP contribution in [0.1, 0.15) is 17.3 Å². The van der Waals surface area contributed by atoms with Crippen molar-refractivity contribution in [2.75, 3.05) is 6.61 Å². The van der Waals surface area contributed by atoms with Crippen LogP contribution in [0.5, 0.6) is 0 Å². The van der Waals surface area contributed by atoms with Gasteiger partial charge in [0.05, 0.1) is 0 Å². The molecule has 0 heterocycles. The lowest BCUT2D eigenvalue weighted by atomic mass is 10.1. The van der Waals surface area contributed by atoms with E-state index in [4.69, 9.17) is 5.90 Å². The molecule has 1 rings (SSSR count). The van der Waals surface area contributed by atoms with Crippen LogP contribution in [0.2, 0.25) is 0 Å². The molecule has 2 nitrogen and oxygen atoms in total. The van der Waals surface area contributed by atoms with Gasteiger partial charge in [0.25, 0.3) is 0 Å². The van der Waals surface area contributed by atoms with Crippen LogP contribution in [0.25, 0.3) is 0 Å². The van der Waals surface area contributed by atoms with Gasteiger partial charge in [-0.05, 0) is 12.5 Å². The number of hydrogen-bond donors (Lipinski definition) is 1. The van der Waals surface area contributed by atoms with Crippen LogP contribution in [-0.4, -0.2) is 6.61 Å². The van der Waals surface area contributed by atoms with Gasteiger partial charge in [0.15, 0.2) is 6.17 Å². The Morgan fingerprint density at radius 3 is 2.50 bits per heavy atom. The van der Waals surface area contributed by atoms with Gasteiger partial charge in [-0.1, -0.05) is 29.8 Å². The molecule has 0 aliphatic carbocycles. The maximum Gasteiger partial charge on any atom is 0.150 e. The second-order valence-corrected chi connectivity index (χ2v) is 2.71. The Bertz CT molecular complexity index is 235. The third-order valence-electron chi connectivity index (χ3n) is 1.68. The topological polar surface area (TPSA) is 35.2 Å².